The molecular weight excluding hydrogens is 306 g/mol. The first-order chi connectivity index (χ1) is 9.13. The molecule has 0 fully saturated rings. The predicted octanol–water partition coefficient (Wildman–Crippen LogP) is 3.66. The maximum Gasteiger partial charge on any atom is 0.121 e. The van der Waals surface area contributed by atoms with Crippen LogP contribution in [0.3, 0.4) is 0 Å². The molecule has 5 heteroatoms. The number of rotatable bonds is 3. The molecule has 0 bridgehead atoms. The van der Waals surface area contributed by atoms with Crippen molar-refractivity contribution in [3.05, 3.63) is 46.4 Å². The molecule has 0 aliphatic heterocycles. The summed E-state index contributed by atoms with van der Waals surface area (Å²) < 4.78 is 5.96. The molecule has 0 aliphatic rings. The molecule has 3 N–H and O–H groups in total. The molecule has 0 aromatic heterocycles. The fourth-order valence-corrected chi connectivity index (χ4v) is 2.08. The number of nitrogens with zero attached hydrogens (tertiary/aromatic N) is 1. The fraction of sp³-hybridized carbons (Fsp3) is 0.0714. The SMILES string of the molecule is COc1ccc(N)c(Nc2ccc(C#N)cc2Br)c1. The first kappa shape index (κ1) is 13.2. The van der Waals surface area contributed by atoms with Gasteiger partial charge in [0.05, 0.1) is 35.8 Å². The first-order valence-electron chi connectivity index (χ1n) is 5.54. The van der Waals surface area contributed by atoms with Crippen LogP contribution in [0.4, 0.5) is 17.1 Å². The Morgan fingerprint density at radius 1 is 1.21 bits per heavy atom. The van der Waals surface area contributed by atoms with Gasteiger partial charge in [0.25, 0.3) is 0 Å². The van der Waals surface area contributed by atoms with E-state index in [4.69, 9.17) is 15.7 Å². The zero-order valence-electron chi connectivity index (χ0n) is 10.3. The largest absolute Gasteiger partial charge is 0.497 e. The number of hydrogen-bond donors (Lipinski definition) is 2. The van der Waals surface area contributed by atoms with Crippen molar-refractivity contribution in [1.82, 2.24) is 0 Å². The van der Waals surface area contributed by atoms with Gasteiger partial charge in [0.1, 0.15) is 5.75 Å². The number of nitrogen functional groups attached to an aromatic ring is 1. The first-order valence-corrected chi connectivity index (χ1v) is 6.33. The normalized spacial score (nSPS) is 9.74. The lowest BCUT2D eigenvalue weighted by Gasteiger charge is -2.12. The molecule has 4 nitrogen and oxygen atoms in total. The summed E-state index contributed by atoms with van der Waals surface area (Å²) in [4.78, 5) is 0. The van der Waals surface area contributed by atoms with Gasteiger partial charge < -0.3 is 15.8 Å². The van der Waals surface area contributed by atoms with Gasteiger partial charge in [0.15, 0.2) is 0 Å². The summed E-state index contributed by atoms with van der Waals surface area (Å²) in [6.45, 7) is 0. The minimum atomic E-state index is 0.594. The third kappa shape index (κ3) is 2.98. The molecule has 2 aromatic rings. The standard InChI is InChI=1S/C14H12BrN3O/c1-19-10-3-4-12(17)14(7-10)18-13-5-2-9(8-16)6-11(13)15/h2-7,18H,17H2,1H3. The summed E-state index contributed by atoms with van der Waals surface area (Å²) in [6, 6.07) is 12.8. The molecule has 0 radical (unpaired) electrons. The lowest BCUT2D eigenvalue weighted by Crippen LogP contribution is -1.98. The third-order valence-electron chi connectivity index (χ3n) is 2.63. The van der Waals surface area contributed by atoms with Crippen LogP contribution in [-0.2, 0) is 0 Å². The van der Waals surface area contributed by atoms with E-state index in [1.54, 1.807) is 31.4 Å². The summed E-state index contributed by atoms with van der Waals surface area (Å²) in [5.41, 5.74) is 8.72. The second kappa shape index (κ2) is 5.63. The number of anilines is 3. The molecule has 0 heterocycles. The van der Waals surface area contributed by atoms with E-state index >= 15 is 0 Å². The van der Waals surface area contributed by atoms with Crippen molar-refractivity contribution in [2.75, 3.05) is 18.2 Å². The van der Waals surface area contributed by atoms with Crippen molar-refractivity contribution in [3.63, 3.8) is 0 Å². The molecule has 2 aromatic carbocycles. The van der Waals surface area contributed by atoms with Crippen molar-refractivity contribution >= 4 is 33.0 Å². The molecule has 19 heavy (non-hydrogen) atoms. The Hall–Kier alpha value is -2.19. The van der Waals surface area contributed by atoms with Crippen LogP contribution in [-0.4, -0.2) is 7.11 Å². The molecule has 0 aliphatic carbocycles. The number of halogens is 1. The van der Waals surface area contributed by atoms with Crippen molar-refractivity contribution in [2.45, 2.75) is 0 Å². The van der Waals surface area contributed by atoms with Gasteiger partial charge in [-0.15, -0.1) is 0 Å². The number of nitrogens with two attached hydrogens (primary N) is 1. The molecule has 0 spiro atoms. The summed E-state index contributed by atoms with van der Waals surface area (Å²) in [7, 11) is 1.60. The molecule has 0 unspecified atom stereocenters. The van der Waals surface area contributed by atoms with Crippen LogP contribution in [0.15, 0.2) is 40.9 Å². The second-order valence-electron chi connectivity index (χ2n) is 3.88. The van der Waals surface area contributed by atoms with E-state index in [0.717, 1.165) is 21.6 Å². The highest BCUT2D eigenvalue weighted by Crippen LogP contribution is 2.31. The molecule has 0 saturated heterocycles. The van der Waals surface area contributed by atoms with Crippen LogP contribution in [0, 0.1) is 11.3 Å². The van der Waals surface area contributed by atoms with Crippen LogP contribution in [0.1, 0.15) is 5.56 Å². The van der Waals surface area contributed by atoms with Crippen LogP contribution >= 0.6 is 15.9 Å². The fourth-order valence-electron chi connectivity index (χ4n) is 1.60. The van der Waals surface area contributed by atoms with E-state index in [9.17, 15) is 0 Å². The van der Waals surface area contributed by atoms with Crippen LogP contribution in [0.25, 0.3) is 0 Å². The Morgan fingerprint density at radius 3 is 2.63 bits per heavy atom. The lowest BCUT2D eigenvalue weighted by atomic mass is 10.2. The number of methoxy groups -OCH3 is 1. The Bertz CT molecular complexity index is 650. The van der Waals surface area contributed by atoms with E-state index in [2.05, 4.69) is 27.3 Å². The lowest BCUT2D eigenvalue weighted by molar-refractivity contribution is 0.415. The van der Waals surface area contributed by atoms with E-state index in [1.807, 2.05) is 12.1 Å². The minimum absolute atomic E-state index is 0.594. The maximum absolute atomic E-state index is 8.83. The average molecular weight is 318 g/mol. The average Bonchev–Trinajstić information content (AvgIpc) is 2.43. The van der Waals surface area contributed by atoms with Gasteiger partial charge in [-0.2, -0.15) is 5.26 Å². The molecule has 96 valence electrons. The molecule has 2 rings (SSSR count). The molecule has 0 amide bonds. The van der Waals surface area contributed by atoms with Crippen LogP contribution in [0.5, 0.6) is 5.75 Å². The van der Waals surface area contributed by atoms with E-state index in [-0.39, 0.29) is 0 Å². The van der Waals surface area contributed by atoms with Gasteiger partial charge >= 0.3 is 0 Å². The summed E-state index contributed by atoms with van der Waals surface area (Å²) in [5, 5.41) is 12.0. The molecule has 0 saturated carbocycles. The van der Waals surface area contributed by atoms with E-state index < -0.39 is 0 Å². The van der Waals surface area contributed by atoms with Gasteiger partial charge in [0, 0.05) is 10.5 Å². The zero-order chi connectivity index (χ0) is 13.8. The van der Waals surface area contributed by atoms with Gasteiger partial charge in [-0.05, 0) is 46.3 Å². The molecule has 0 atom stereocenters. The Kier molecular flexibility index (Phi) is 3.93. The van der Waals surface area contributed by atoms with Crippen molar-refractivity contribution in [3.8, 4) is 11.8 Å². The van der Waals surface area contributed by atoms with Gasteiger partial charge in [-0.3, -0.25) is 0 Å². The Balaban J connectivity index is 2.33. The van der Waals surface area contributed by atoms with Crippen LogP contribution in [0.2, 0.25) is 0 Å². The highest BCUT2D eigenvalue weighted by atomic mass is 79.9. The predicted molar refractivity (Wildman–Crippen MR) is 79.5 cm³/mol. The van der Waals surface area contributed by atoms with E-state index in [1.165, 1.54) is 0 Å². The van der Waals surface area contributed by atoms with Gasteiger partial charge in [0.2, 0.25) is 0 Å². The van der Waals surface area contributed by atoms with E-state index in [0.29, 0.717) is 11.3 Å². The van der Waals surface area contributed by atoms with Crippen LogP contribution < -0.4 is 15.8 Å². The van der Waals surface area contributed by atoms with Gasteiger partial charge in [-0.1, -0.05) is 0 Å². The molecular formula is C14H12BrN3O. The van der Waals surface area contributed by atoms with Gasteiger partial charge in [-0.25, -0.2) is 0 Å². The van der Waals surface area contributed by atoms with Crippen molar-refractivity contribution in [1.29, 1.82) is 5.26 Å². The highest BCUT2D eigenvalue weighted by Gasteiger charge is 2.05. The third-order valence-corrected chi connectivity index (χ3v) is 3.28. The zero-order valence-corrected chi connectivity index (χ0v) is 11.9. The minimum Gasteiger partial charge on any atom is -0.497 e. The monoisotopic (exact) mass is 317 g/mol. The Morgan fingerprint density at radius 2 is 2.00 bits per heavy atom. The summed E-state index contributed by atoms with van der Waals surface area (Å²) >= 11 is 3.42. The number of nitriles is 1. The number of benzene rings is 2. The smallest absolute Gasteiger partial charge is 0.121 e. The maximum atomic E-state index is 8.83. The topological polar surface area (TPSA) is 71.1 Å². The number of ether oxygens (including phenoxy) is 1. The summed E-state index contributed by atoms with van der Waals surface area (Å²) in [5.74, 6) is 0.724. The number of nitrogens with one attached hydrogen (secondary N) is 1. The van der Waals surface area contributed by atoms with Crippen molar-refractivity contribution in [2.24, 2.45) is 0 Å². The Labute approximate surface area is 119 Å². The van der Waals surface area contributed by atoms with Crippen molar-refractivity contribution < 1.29 is 4.74 Å². The second-order valence-corrected chi connectivity index (χ2v) is 4.74. The highest BCUT2D eigenvalue weighted by molar-refractivity contribution is 9.10. The quantitative estimate of drug-likeness (QED) is 0.847. The number of hydrogen-bond acceptors (Lipinski definition) is 4. The summed E-state index contributed by atoms with van der Waals surface area (Å²) in [6.07, 6.45) is 0.